The fourth-order valence-electron chi connectivity index (χ4n) is 3.34. The van der Waals surface area contributed by atoms with Crippen LogP contribution in [0, 0.1) is 12.7 Å². The normalized spacial score (nSPS) is 11.0. The number of halogens is 1. The highest BCUT2D eigenvalue weighted by Gasteiger charge is 2.13. The van der Waals surface area contributed by atoms with E-state index in [0.29, 0.717) is 13.1 Å². The lowest BCUT2D eigenvalue weighted by Gasteiger charge is -2.05. The number of aromatic nitrogens is 3. The first-order valence-electron chi connectivity index (χ1n) is 10.2. The first kappa shape index (κ1) is 20.0. The van der Waals surface area contributed by atoms with Gasteiger partial charge >= 0.3 is 0 Å². The van der Waals surface area contributed by atoms with Gasteiger partial charge in [0.05, 0.1) is 6.54 Å². The smallest absolute Gasteiger partial charge is 0.123 e. The average Bonchev–Trinajstić information content (AvgIpc) is 3.17. The van der Waals surface area contributed by atoms with Crippen molar-refractivity contribution < 1.29 is 4.39 Å². The van der Waals surface area contributed by atoms with Crippen LogP contribution in [0.2, 0.25) is 0 Å². The van der Waals surface area contributed by atoms with Gasteiger partial charge in [0.15, 0.2) is 0 Å². The molecule has 0 aliphatic carbocycles. The van der Waals surface area contributed by atoms with Crippen molar-refractivity contribution in [2.45, 2.75) is 26.4 Å². The Labute approximate surface area is 176 Å². The van der Waals surface area contributed by atoms with E-state index in [9.17, 15) is 4.39 Å². The molecular weight excluding hydrogens is 375 g/mol. The van der Waals surface area contributed by atoms with Crippen LogP contribution in [0.1, 0.15) is 22.4 Å². The van der Waals surface area contributed by atoms with Gasteiger partial charge in [0.1, 0.15) is 17.2 Å². The van der Waals surface area contributed by atoms with E-state index in [0.717, 1.165) is 35.5 Å². The van der Waals surface area contributed by atoms with E-state index in [-0.39, 0.29) is 5.82 Å². The third-order valence-corrected chi connectivity index (χ3v) is 5.01. The molecule has 0 aliphatic heterocycles. The fourth-order valence-corrected chi connectivity index (χ4v) is 3.34. The zero-order valence-electron chi connectivity index (χ0n) is 17.1. The quantitative estimate of drug-likeness (QED) is 0.433. The van der Waals surface area contributed by atoms with Crippen LogP contribution < -0.4 is 5.32 Å². The van der Waals surface area contributed by atoms with Crippen molar-refractivity contribution in [2.24, 2.45) is 0 Å². The highest BCUT2D eigenvalue weighted by atomic mass is 19.1. The first-order valence-corrected chi connectivity index (χ1v) is 10.2. The monoisotopic (exact) mass is 400 g/mol. The molecule has 0 spiro atoms. The molecule has 0 radical (unpaired) electrons. The molecule has 4 nitrogen and oxygen atoms in total. The van der Waals surface area contributed by atoms with Crippen LogP contribution in [0.15, 0.2) is 78.9 Å². The molecule has 0 atom stereocenters. The van der Waals surface area contributed by atoms with E-state index in [1.54, 1.807) is 4.80 Å². The Morgan fingerprint density at radius 3 is 2.27 bits per heavy atom. The Bertz CT molecular complexity index is 1070. The number of hydrogen-bond acceptors (Lipinski definition) is 3. The van der Waals surface area contributed by atoms with Crippen LogP contribution in [-0.4, -0.2) is 21.5 Å². The van der Waals surface area contributed by atoms with Crippen LogP contribution in [-0.2, 0) is 19.5 Å². The number of rotatable bonds is 8. The van der Waals surface area contributed by atoms with E-state index < -0.39 is 0 Å². The highest BCUT2D eigenvalue weighted by molar-refractivity contribution is 5.60. The van der Waals surface area contributed by atoms with Crippen LogP contribution in [0.3, 0.4) is 0 Å². The molecule has 3 aromatic carbocycles. The lowest BCUT2D eigenvalue weighted by molar-refractivity contribution is 0.576. The Morgan fingerprint density at radius 1 is 0.833 bits per heavy atom. The number of hydrogen-bond donors (Lipinski definition) is 1. The van der Waals surface area contributed by atoms with E-state index in [1.807, 2.05) is 30.3 Å². The van der Waals surface area contributed by atoms with Crippen molar-refractivity contribution in [3.63, 3.8) is 0 Å². The van der Waals surface area contributed by atoms with Crippen LogP contribution in [0.25, 0.3) is 11.3 Å². The summed E-state index contributed by atoms with van der Waals surface area (Å²) in [5, 5.41) is 13.0. The van der Waals surface area contributed by atoms with Crippen LogP contribution >= 0.6 is 0 Å². The third-order valence-electron chi connectivity index (χ3n) is 5.01. The average molecular weight is 401 g/mol. The predicted molar refractivity (Wildman–Crippen MR) is 118 cm³/mol. The Hall–Kier alpha value is -3.31. The zero-order chi connectivity index (χ0) is 20.8. The maximum Gasteiger partial charge on any atom is 0.123 e. The molecule has 30 heavy (non-hydrogen) atoms. The molecule has 1 N–H and O–H groups in total. The maximum atomic E-state index is 13.0. The molecule has 152 valence electrons. The summed E-state index contributed by atoms with van der Waals surface area (Å²) in [5.74, 6) is -0.204. The maximum absolute atomic E-state index is 13.0. The Kier molecular flexibility index (Phi) is 6.30. The highest BCUT2D eigenvalue weighted by Crippen LogP contribution is 2.20. The van der Waals surface area contributed by atoms with E-state index in [2.05, 4.69) is 48.6 Å². The van der Waals surface area contributed by atoms with Gasteiger partial charge in [0.2, 0.25) is 0 Å². The van der Waals surface area contributed by atoms with Crippen LogP contribution in [0.4, 0.5) is 4.39 Å². The van der Waals surface area contributed by atoms with E-state index >= 15 is 0 Å². The minimum Gasteiger partial charge on any atom is -0.311 e. The molecule has 0 bridgehead atoms. The lowest BCUT2D eigenvalue weighted by atomic mass is 10.1. The molecule has 0 saturated carbocycles. The van der Waals surface area contributed by atoms with Gasteiger partial charge < -0.3 is 5.32 Å². The number of nitrogens with zero attached hydrogens (tertiary/aromatic N) is 3. The summed E-state index contributed by atoms with van der Waals surface area (Å²) in [4.78, 5) is 1.77. The van der Waals surface area contributed by atoms with E-state index in [4.69, 9.17) is 10.2 Å². The second-order valence-electron chi connectivity index (χ2n) is 7.43. The van der Waals surface area contributed by atoms with Gasteiger partial charge in [-0.05, 0) is 43.1 Å². The van der Waals surface area contributed by atoms with E-state index in [1.165, 1.54) is 23.3 Å². The minimum atomic E-state index is -0.204. The number of aryl methyl sites for hydroxylation is 1. The topological polar surface area (TPSA) is 42.7 Å². The molecule has 0 fully saturated rings. The molecule has 4 aromatic rings. The van der Waals surface area contributed by atoms with Crippen molar-refractivity contribution in [1.82, 2.24) is 20.3 Å². The van der Waals surface area contributed by atoms with Crippen LogP contribution in [0.5, 0.6) is 0 Å². The van der Waals surface area contributed by atoms with Gasteiger partial charge in [-0.2, -0.15) is 15.0 Å². The third kappa shape index (κ3) is 5.19. The van der Waals surface area contributed by atoms with Gasteiger partial charge in [0.25, 0.3) is 0 Å². The first-order chi connectivity index (χ1) is 14.7. The minimum absolute atomic E-state index is 0.204. The Balaban J connectivity index is 1.46. The summed E-state index contributed by atoms with van der Waals surface area (Å²) in [5.41, 5.74) is 6.40. The Morgan fingerprint density at radius 2 is 1.53 bits per heavy atom. The van der Waals surface area contributed by atoms with Crippen molar-refractivity contribution in [1.29, 1.82) is 0 Å². The van der Waals surface area contributed by atoms with Gasteiger partial charge in [-0.3, -0.25) is 0 Å². The summed E-state index contributed by atoms with van der Waals surface area (Å²) in [7, 11) is 0. The summed E-state index contributed by atoms with van der Waals surface area (Å²) in [6, 6.07) is 25.2. The molecule has 1 heterocycles. The van der Waals surface area contributed by atoms with Gasteiger partial charge in [0, 0.05) is 12.1 Å². The molecule has 0 amide bonds. The second-order valence-corrected chi connectivity index (χ2v) is 7.43. The standard InChI is InChI=1S/C25H25FN4/c1-19-7-9-21(10-8-19)18-30-28-24(25(29-30)22-5-3-2-4-6-22)17-27-16-15-20-11-13-23(26)14-12-20/h2-14,27H,15-18H2,1H3. The molecule has 5 heteroatoms. The number of nitrogens with one attached hydrogen (secondary N) is 1. The van der Waals surface area contributed by atoms with Crippen molar-refractivity contribution in [2.75, 3.05) is 6.54 Å². The molecule has 0 aliphatic rings. The summed E-state index contributed by atoms with van der Waals surface area (Å²) in [6.07, 6.45) is 0.832. The zero-order valence-corrected chi connectivity index (χ0v) is 17.1. The van der Waals surface area contributed by atoms with Crippen molar-refractivity contribution in [3.05, 3.63) is 107 Å². The molecule has 0 saturated heterocycles. The fraction of sp³-hybridized carbons (Fsp3) is 0.200. The van der Waals surface area contributed by atoms with Gasteiger partial charge in [-0.1, -0.05) is 72.3 Å². The largest absolute Gasteiger partial charge is 0.311 e. The SMILES string of the molecule is Cc1ccc(Cn2nc(CNCCc3ccc(F)cc3)c(-c3ccccc3)n2)cc1. The van der Waals surface area contributed by atoms with Gasteiger partial charge in [-0.15, -0.1) is 0 Å². The van der Waals surface area contributed by atoms with Crippen molar-refractivity contribution in [3.8, 4) is 11.3 Å². The lowest BCUT2D eigenvalue weighted by Crippen LogP contribution is -2.17. The summed E-state index contributed by atoms with van der Waals surface area (Å²) in [6.45, 7) is 4.12. The number of benzene rings is 3. The van der Waals surface area contributed by atoms with Gasteiger partial charge in [-0.25, -0.2) is 4.39 Å². The second kappa shape index (κ2) is 9.46. The predicted octanol–water partition coefficient (Wildman–Crippen LogP) is 4.77. The molecular formula is C25H25FN4. The van der Waals surface area contributed by atoms with Crippen molar-refractivity contribution >= 4 is 0 Å². The summed E-state index contributed by atoms with van der Waals surface area (Å²) >= 11 is 0. The molecule has 4 rings (SSSR count). The summed E-state index contributed by atoms with van der Waals surface area (Å²) < 4.78 is 13.0. The molecule has 1 aromatic heterocycles. The molecule has 0 unspecified atom stereocenters.